The Hall–Kier alpha value is -1.35. The lowest BCUT2D eigenvalue weighted by atomic mass is 9.77. The van der Waals surface area contributed by atoms with E-state index in [1.807, 2.05) is 0 Å². The second-order valence-corrected chi connectivity index (χ2v) is 6.52. The standard InChI is InChI=1S/C16H19NO2/c1-9(2)8-19-15(18)16-7-12-13-10(3)5-4-6-11(13)14(16)17(12)16/h4-6,9,12,14H,7-8H2,1-3H3/t12-,14-,16?,17?/m1/s1. The molecule has 2 fully saturated rings. The van der Waals surface area contributed by atoms with Crippen molar-refractivity contribution in [3.05, 3.63) is 34.9 Å². The van der Waals surface area contributed by atoms with Crippen molar-refractivity contribution in [2.45, 2.75) is 44.8 Å². The zero-order valence-electron chi connectivity index (χ0n) is 11.6. The number of aryl methyl sites for hydroxylation is 1. The first-order valence-electron chi connectivity index (χ1n) is 7.12. The molecule has 2 unspecified atom stereocenters. The van der Waals surface area contributed by atoms with Crippen LogP contribution in [0, 0.1) is 12.8 Å². The van der Waals surface area contributed by atoms with E-state index < -0.39 is 0 Å². The van der Waals surface area contributed by atoms with Crippen molar-refractivity contribution < 1.29 is 9.53 Å². The van der Waals surface area contributed by atoms with Crippen molar-refractivity contribution in [2.24, 2.45) is 5.92 Å². The van der Waals surface area contributed by atoms with E-state index >= 15 is 0 Å². The van der Waals surface area contributed by atoms with Crippen LogP contribution in [0.1, 0.15) is 49.0 Å². The molecule has 4 atom stereocenters. The summed E-state index contributed by atoms with van der Waals surface area (Å²) in [4.78, 5) is 14.7. The molecular weight excluding hydrogens is 238 g/mol. The summed E-state index contributed by atoms with van der Waals surface area (Å²) in [5.41, 5.74) is 3.89. The van der Waals surface area contributed by atoms with Crippen LogP contribution in [-0.2, 0) is 9.53 Å². The monoisotopic (exact) mass is 257 g/mol. The van der Waals surface area contributed by atoms with Gasteiger partial charge in [0.15, 0.2) is 0 Å². The molecule has 0 amide bonds. The number of benzene rings is 1. The van der Waals surface area contributed by atoms with Crippen LogP contribution in [0.5, 0.6) is 0 Å². The summed E-state index contributed by atoms with van der Waals surface area (Å²) < 4.78 is 5.47. The number of hydrogen-bond donors (Lipinski definition) is 0. The Kier molecular flexibility index (Phi) is 2.05. The first-order chi connectivity index (χ1) is 9.07. The van der Waals surface area contributed by atoms with Gasteiger partial charge in [0.1, 0.15) is 5.54 Å². The number of nitrogens with zero attached hydrogens (tertiary/aromatic N) is 1. The maximum Gasteiger partial charge on any atom is 0.328 e. The summed E-state index contributed by atoms with van der Waals surface area (Å²) in [5, 5.41) is 0. The molecule has 4 rings (SSSR count). The lowest BCUT2D eigenvalue weighted by Crippen LogP contribution is -2.45. The third-order valence-electron chi connectivity index (χ3n) is 4.85. The largest absolute Gasteiger partial charge is 0.464 e. The van der Waals surface area contributed by atoms with E-state index in [2.05, 4.69) is 43.9 Å². The van der Waals surface area contributed by atoms with Gasteiger partial charge < -0.3 is 4.74 Å². The van der Waals surface area contributed by atoms with Crippen LogP contribution in [0.15, 0.2) is 18.2 Å². The summed E-state index contributed by atoms with van der Waals surface area (Å²) in [5.74, 6) is 0.397. The van der Waals surface area contributed by atoms with Gasteiger partial charge in [0.2, 0.25) is 0 Å². The zero-order chi connectivity index (χ0) is 13.4. The van der Waals surface area contributed by atoms with Gasteiger partial charge in [-0.1, -0.05) is 32.0 Å². The van der Waals surface area contributed by atoms with E-state index in [-0.39, 0.29) is 11.5 Å². The number of fused-ring (bicyclic) bond motifs is 4. The Bertz CT molecular complexity index is 580. The first kappa shape index (κ1) is 11.5. The molecule has 19 heavy (non-hydrogen) atoms. The van der Waals surface area contributed by atoms with Crippen molar-refractivity contribution in [3.8, 4) is 0 Å². The molecule has 0 aromatic heterocycles. The average molecular weight is 257 g/mol. The number of carbonyl (C=O) groups is 1. The van der Waals surface area contributed by atoms with Crippen LogP contribution in [0.25, 0.3) is 0 Å². The predicted molar refractivity (Wildman–Crippen MR) is 71.6 cm³/mol. The first-order valence-corrected chi connectivity index (χ1v) is 7.12. The minimum Gasteiger partial charge on any atom is -0.464 e. The third kappa shape index (κ3) is 1.20. The van der Waals surface area contributed by atoms with Crippen LogP contribution in [0.4, 0.5) is 0 Å². The summed E-state index contributed by atoms with van der Waals surface area (Å²) in [6.45, 7) is 6.84. The zero-order valence-corrected chi connectivity index (χ0v) is 11.6. The molecule has 3 aliphatic rings. The number of hydrogen-bond acceptors (Lipinski definition) is 3. The quantitative estimate of drug-likeness (QED) is 0.616. The van der Waals surface area contributed by atoms with Crippen LogP contribution < -0.4 is 0 Å². The Labute approximate surface area is 113 Å². The molecule has 0 spiro atoms. The van der Waals surface area contributed by atoms with Crippen LogP contribution in [0.2, 0.25) is 0 Å². The minimum absolute atomic E-state index is 0.00499. The summed E-state index contributed by atoms with van der Waals surface area (Å²) in [7, 11) is 0. The molecule has 3 aliphatic heterocycles. The van der Waals surface area contributed by atoms with Gasteiger partial charge in [-0.2, -0.15) is 0 Å². The van der Waals surface area contributed by atoms with E-state index in [0.29, 0.717) is 24.6 Å². The number of ether oxygens (including phenoxy) is 1. The van der Waals surface area contributed by atoms with E-state index in [0.717, 1.165) is 6.42 Å². The van der Waals surface area contributed by atoms with Gasteiger partial charge in [-0.15, -0.1) is 0 Å². The van der Waals surface area contributed by atoms with Gasteiger partial charge in [-0.3, -0.25) is 4.90 Å². The summed E-state index contributed by atoms with van der Waals surface area (Å²) in [6.07, 6.45) is 0.951. The average Bonchev–Trinajstić information content (AvgIpc) is 2.77. The van der Waals surface area contributed by atoms with Gasteiger partial charge in [-0.25, -0.2) is 4.79 Å². The molecule has 0 bridgehead atoms. The summed E-state index contributed by atoms with van der Waals surface area (Å²) >= 11 is 0. The number of esters is 1. The Balaban J connectivity index is 1.60. The molecule has 0 saturated carbocycles. The molecule has 3 heterocycles. The molecule has 1 aromatic rings. The predicted octanol–water partition coefficient (Wildman–Crippen LogP) is 2.75. The highest BCUT2D eigenvalue weighted by atomic mass is 16.5. The molecular formula is C16H19NO2. The lowest BCUT2D eigenvalue weighted by Gasteiger charge is -2.36. The van der Waals surface area contributed by atoms with Gasteiger partial charge in [0.05, 0.1) is 12.6 Å². The maximum absolute atomic E-state index is 12.3. The van der Waals surface area contributed by atoms with Crippen molar-refractivity contribution >= 4 is 5.97 Å². The molecule has 0 aliphatic carbocycles. The highest BCUT2D eigenvalue weighted by Gasteiger charge is 2.83. The summed E-state index contributed by atoms with van der Waals surface area (Å²) in [6, 6.07) is 7.21. The van der Waals surface area contributed by atoms with E-state index in [1.54, 1.807) is 0 Å². The lowest BCUT2D eigenvalue weighted by molar-refractivity contribution is -0.153. The molecule has 100 valence electrons. The van der Waals surface area contributed by atoms with Crippen LogP contribution in [-0.4, -0.2) is 23.0 Å². The molecule has 0 N–H and O–H groups in total. The van der Waals surface area contributed by atoms with Crippen LogP contribution >= 0.6 is 0 Å². The normalized spacial score (nSPS) is 36.5. The second kappa shape index (κ2) is 3.40. The topological polar surface area (TPSA) is 29.3 Å². The van der Waals surface area contributed by atoms with Crippen molar-refractivity contribution in [3.63, 3.8) is 0 Å². The number of rotatable bonds is 3. The van der Waals surface area contributed by atoms with Gasteiger partial charge in [0, 0.05) is 6.04 Å². The Morgan fingerprint density at radius 2 is 2.32 bits per heavy atom. The highest BCUT2D eigenvalue weighted by molar-refractivity contribution is 5.90. The fourth-order valence-electron chi connectivity index (χ4n) is 4.02. The fourth-order valence-corrected chi connectivity index (χ4v) is 4.02. The maximum atomic E-state index is 12.3. The molecule has 2 saturated heterocycles. The number of carbonyl (C=O) groups excluding carboxylic acids is 1. The molecule has 3 heteroatoms. The van der Waals surface area contributed by atoms with Gasteiger partial charge in [0.25, 0.3) is 0 Å². The van der Waals surface area contributed by atoms with Gasteiger partial charge >= 0.3 is 5.97 Å². The minimum atomic E-state index is -0.291. The van der Waals surface area contributed by atoms with Crippen molar-refractivity contribution in [1.82, 2.24) is 4.90 Å². The van der Waals surface area contributed by atoms with Crippen LogP contribution in [0.3, 0.4) is 0 Å². The third-order valence-corrected chi connectivity index (χ3v) is 4.85. The Morgan fingerprint density at radius 1 is 1.53 bits per heavy atom. The molecule has 0 radical (unpaired) electrons. The van der Waals surface area contributed by atoms with E-state index in [1.165, 1.54) is 16.7 Å². The van der Waals surface area contributed by atoms with Crippen molar-refractivity contribution in [1.29, 1.82) is 0 Å². The Morgan fingerprint density at radius 3 is 3.05 bits per heavy atom. The SMILES string of the molecule is Cc1cccc2c1[C@H]1CC3(C(=O)OCC(C)C)[C@@H]2N13. The smallest absolute Gasteiger partial charge is 0.328 e. The molecule has 1 aromatic carbocycles. The fraction of sp³-hybridized carbons (Fsp3) is 0.562. The molecule has 3 nitrogen and oxygen atoms in total. The van der Waals surface area contributed by atoms with E-state index in [9.17, 15) is 4.79 Å². The highest BCUT2D eigenvalue weighted by Crippen LogP contribution is 2.77. The van der Waals surface area contributed by atoms with Crippen molar-refractivity contribution in [2.75, 3.05) is 6.61 Å². The van der Waals surface area contributed by atoms with Gasteiger partial charge in [-0.05, 0) is 36.0 Å². The van der Waals surface area contributed by atoms with E-state index in [4.69, 9.17) is 4.74 Å². The second-order valence-electron chi connectivity index (χ2n) is 6.52.